The molecule has 1 N–H and O–H groups in total. The Morgan fingerprint density at radius 2 is 1.65 bits per heavy atom. The maximum atomic E-state index is 16.2. The van der Waals surface area contributed by atoms with E-state index in [0.29, 0.717) is 21.5 Å². The first-order valence-electron chi connectivity index (χ1n) is 15.3. The zero-order valence-corrected chi connectivity index (χ0v) is 28.8. The van der Waals surface area contributed by atoms with Crippen LogP contribution in [0.15, 0.2) is 23.1 Å². The SMILES string of the molecule is Cc1c(-c2cc3c(s2)C(C)(C)N(C(=O)OC(C)(C)C)CC3N(C)C(=O)OC(C)(C)C)c(F)cn2c(=O)c(C(=O)O)cc(C3CC3)c12. The van der Waals surface area contributed by atoms with Crippen LogP contribution in [-0.2, 0) is 15.0 Å². The monoisotopic (exact) mass is 655 g/mol. The maximum absolute atomic E-state index is 16.2. The molecule has 3 aromatic rings. The van der Waals surface area contributed by atoms with Crippen molar-refractivity contribution in [3.63, 3.8) is 0 Å². The van der Waals surface area contributed by atoms with E-state index in [4.69, 9.17) is 9.47 Å². The number of rotatable bonds is 4. The van der Waals surface area contributed by atoms with Crippen molar-refractivity contribution < 1.29 is 33.4 Å². The molecule has 0 bridgehead atoms. The van der Waals surface area contributed by atoms with E-state index >= 15 is 4.39 Å². The maximum Gasteiger partial charge on any atom is 0.411 e. The summed E-state index contributed by atoms with van der Waals surface area (Å²) in [6.07, 6.45) is 1.64. The Bertz CT molecular complexity index is 1830. The van der Waals surface area contributed by atoms with Crippen LogP contribution in [-0.4, -0.2) is 62.3 Å². The van der Waals surface area contributed by atoms with Crippen molar-refractivity contribution in [3.8, 4) is 10.4 Å². The summed E-state index contributed by atoms with van der Waals surface area (Å²) in [4.78, 5) is 56.3. The van der Waals surface area contributed by atoms with Crippen LogP contribution < -0.4 is 5.56 Å². The number of ether oxygens (including phenoxy) is 2. The molecule has 248 valence electrons. The van der Waals surface area contributed by atoms with Crippen LogP contribution in [0, 0.1) is 12.7 Å². The van der Waals surface area contributed by atoms with Gasteiger partial charge in [-0.05, 0) is 110 Å². The van der Waals surface area contributed by atoms with Gasteiger partial charge < -0.3 is 19.5 Å². The Labute approximate surface area is 271 Å². The molecule has 1 saturated carbocycles. The van der Waals surface area contributed by atoms with Gasteiger partial charge in [-0.3, -0.25) is 14.1 Å². The predicted molar refractivity (Wildman–Crippen MR) is 173 cm³/mol. The number of likely N-dealkylation sites (N-methyl/N-ethyl adjacent to an activating group) is 1. The van der Waals surface area contributed by atoms with Crippen molar-refractivity contribution >= 4 is 35.0 Å². The molecule has 1 aliphatic carbocycles. The molecule has 10 nitrogen and oxygen atoms in total. The van der Waals surface area contributed by atoms with Crippen LogP contribution in [0.4, 0.5) is 14.0 Å². The lowest BCUT2D eigenvalue weighted by atomic mass is 9.87. The minimum Gasteiger partial charge on any atom is -0.477 e. The average molecular weight is 656 g/mol. The Kier molecular flexibility index (Phi) is 8.07. The molecule has 1 atom stereocenters. The highest BCUT2D eigenvalue weighted by Gasteiger charge is 2.47. The largest absolute Gasteiger partial charge is 0.477 e. The summed E-state index contributed by atoms with van der Waals surface area (Å²) in [5.74, 6) is -1.96. The molecule has 0 aromatic carbocycles. The fraction of sp³-hybridized carbons (Fsp3) is 0.529. The second kappa shape index (κ2) is 11.1. The van der Waals surface area contributed by atoms with Crippen molar-refractivity contribution in [2.75, 3.05) is 13.6 Å². The second-order valence-corrected chi connectivity index (χ2v) is 15.8. The van der Waals surface area contributed by atoms with Crippen molar-refractivity contribution in [3.05, 3.63) is 61.6 Å². The molecule has 0 saturated heterocycles. The third-order valence-electron chi connectivity index (χ3n) is 8.44. The van der Waals surface area contributed by atoms with Gasteiger partial charge in [-0.25, -0.2) is 18.8 Å². The van der Waals surface area contributed by atoms with Gasteiger partial charge in [0, 0.05) is 35.1 Å². The zero-order valence-electron chi connectivity index (χ0n) is 28.0. The number of carbonyl (C=O) groups is 3. The van der Waals surface area contributed by atoms with Crippen LogP contribution in [0.3, 0.4) is 0 Å². The molecule has 12 heteroatoms. The molecule has 0 radical (unpaired) electrons. The summed E-state index contributed by atoms with van der Waals surface area (Å²) in [6, 6.07) is 2.64. The number of carbonyl (C=O) groups excluding carboxylic acids is 2. The Morgan fingerprint density at radius 1 is 1.04 bits per heavy atom. The van der Waals surface area contributed by atoms with E-state index in [-0.39, 0.29) is 18.0 Å². The van der Waals surface area contributed by atoms with Gasteiger partial charge in [0.25, 0.3) is 5.56 Å². The number of aromatic carboxylic acids is 1. The summed E-state index contributed by atoms with van der Waals surface area (Å²) >= 11 is 1.31. The Morgan fingerprint density at radius 3 is 2.20 bits per heavy atom. The molecule has 1 fully saturated rings. The zero-order chi connectivity index (χ0) is 34.3. The van der Waals surface area contributed by atoms with Crippen molar-refractivity contribution in [2.24, 2.45) is 0 Å². The molecule has 1 unspecified atom stereocenters. The minimum absolute atomic E-state index is 0.0791. The molecule has 2 amide bonds. The minimum atomic E-state index is -1.36. The first-order valence-corrected chi connectivity index (χ1v) is 16.2. The molecular formula is C34H42FN3O7S. The number of halogens is 1. The van der Waals surface area contributed by atoms with Crippen molar-refractivity contribution in [2.45, 2.75) is 104 Å². The molecule has 3 aromatic heterocycles. The van der Waals surface area contributed by atoms with E-state index < -0.39 is 57.9 Å². The fourth-order valence-electron chi connectivity index (χ4n) is 6.10. The number of aromatic nitrogens is 1. The predicted octanol–water partition coefficient (Wildman–Crippen LogP) is 7.44. The van der Waals surface area contributed by atoms with Crippen LogP contribution >= 0.6 is 11.3 Å². The van der Waals surface area contributed by atoms with Crippen LogP contribution in [0.5, 0.6) is 0 Å². The van der Waals surface area contributed by atoms with Crippen LogP contribution in [0.2, 0.25) is 0 Å². The van der Waals surface area contributed by atoms with E-state index in [1.165, 1.54) is 22.3 Å². The lowest BCUT2D eigenvalue weighted by Gasteiger charge is -2.47. The number of aryl methyl sites for hydroxylation is 1. The highest BCUT2D eigenvalue weighted by Crippen LogP contribution is 2.50. The molecule has 1 aliphatic heterocycles. The Hall–Kier alpha value is -3.93. The number of thiophene rings is 1. The third-order valence-corrected chi connectivity index (χ3v) is 9.92. The molecule has 46 heavy (non-hydrogen) atoms. The summed E-state index contributed by atoms with van der Waals surface area (Å²) in [5.41, 5.74) is -0.852. The van der Waals surface area contributed by atoms with Crippen LogP contribution in [0.25, 0.3) is 16.0 Å². The number of carboxylic acid groups (broad SMARTS) is 1. The molecule has 2 aliphatic rings. The van der Waals surface area contributed by atoms with Gasteiger partial charge in [0.15, 0.2) is 0 Å². The summed E-state index contributed by atoms with van der Waals surface area (Å²) in [7, 11) is 1.61. The first-order chi connectivity index (χ1) is 21.1. The number of fused-ring (bicyclic) bond motifs is 2. The van der Waals surface area contributed by atoms with Crippen LogP contribution in [0.1, 0.15) is 112 Å². The molecular weight excluding hydrogens is 613 g/mol. The van der Waals surface area contributed by atoms with E-state index in [1.807, 2.05) is 19.9 Å². The van der Waals surface area contributed by atoms with E-state index in [9.17, 15) is 24.3 Å². The third kappa shape index (κ3) is 5.99. The summed E-state index contributed by atoms with van der Waals surface area (Å²) in [6.45, 7) is 16.3. The van der Waals surface area contributed by atoms with Gasteiger partial charge in [0.1, 0.15) is 22.6 Å². The first kappa shape index (κ1) is 33.4. The normalized spacial score (nSPS) is 17.9. The number of pyridine rings is 2. The highest BCUT2D eigenvalue weighted by molar-refractivity contribution is 7.15. The van der Waals surface area contributed by atoms with E-state index in [1.54, 1.807) is 60.4 Å². The number of nitrogens with zero attached hydrogens (tertiary/aromatic N) is 3. The number of carboxylic acids is 1. The van der Waals surface area contributed by atoms with Gasteiger partial charge in [0.05, 0.1) is 17.1 Å². The standard InChI is InChI=1S/C34H42FN3O7S/c1-17-25(22(35)15-37-26(17)19(18-11-12-18)13-21(28(37)39)29(40)41)24-14-20-23(36(10)30(42)44-32(2,3)4)16-38(31(43)45-33(5,6)7)34(8,9)27(20)46-24/h13-15,18,23H,11-12,16H2,1-10H3,(H,40,41). The van der Waals surface area contributed by atoms with E-state index in [0.717, 1.165) is 33.9 Å². The summed E-state index contributed by atoms with van der Waals surface area (Å²) < 4.78 is 28.7. The lowest BCUT2D eigenvalue weighted by Crippen LogP contribution is -2.55. The van der Waals surface area contributed by atoms with Gasteiger partial charge in [-0.15, -0.1) is 11.3 Å². The van der Waals surface area contributed by atoms with Crippen molar-refractivity contribution in [1.29, 1.82) is 0 Å². The molecule has 0 spiro atoms. The number of hydrogen-bond acceptors (Lipinski definition) is 7. The number of hydrogen-bond donors (Lipinski definition) is 1. The lowest BCUT2D eigenvalue weighted by molar-refractivity contribution is -0.0175. The quantitative estimate of drug-likeness (QED) is 0.310. The summed E-state index contributed by atoms with van der Waals surface area (Å²) in [5, 5.41) is 9.68. The topological polar surface area (TPSA) is 118 Å². The van der Waals surface area contributed by atoms with Gasteiger partial charge >= 0.3 is 18.2 Å². The van der Waals surface area contributed by atoms with E-state index in [2.05, 4.69) is 0 Å². The van der Waals surface area contributed by atoms with Gasteiger partial charge in [0.2, 0.25) is 0 Å². The molecule has 5 rings (SSSR count). The number of amides is 2. The average Bonchev–Trinajstić information content (AvgIpc) is 3.64. The highest BCUT2D eigenvalue weighted by atomic mass is 32.1. The van der Waals surface area contributed by atoms with Gasteiger partial charge in [-0.2, -0.15) is 0 Å². The Balaban J connectivity index is 1.72. The van der Waals surface area contributed by atoms with Gasteiger partial charge in [-0.1, -0.05) is 0 Å². The molecule has 4 heterocycles. The smallest absolute Gasteiger partial charge is 0.411 e. The van der Waals surface area contributed by atoms with Crippen molar-refractivity contribution in [1.82, 2.24) is 14.2 Å². The fourth-order valence-corrected chi connectivity index (χ4v) is 7.53. The second-order valence-electron chi connectivity index (χ2n) is 14.7.